The van der Waals surface area contributed by atoms with Crippen LogP contribution in [0.4, 0.5) is 13.2 Å². The number of rotatable bonds is 6. The van der Waals surface area contributed by atoms with Crippen molar-refractivity contribution in [2.45, 2.75) is 29.5 Å². The summed E-state index contributed by atoms with van der Waals surface area (Å²) in [5.74, 6) is -0.563. The summed E-state index contributed by atoms with van der Waals surface area (Å²) in [5, 5.41) is 12.9. The number of halogens is 3. The Morgan fingerprint density at radius 1 is 1.32 bits per heavy atom. The molecule has 1 saturated heterocycles. The summed E-state index contributed by atoms with van der Waals surface area (Å²) in [6, 6.07) is 9.84. The van der Waals surface area contributed by atoms with Crippen LogP contribution in [0.25, 0.3) is 10.6 Å². The van der Waals surface area contributed by atoms with Crippen molar-refractivity contribution in [1.29, 1.82) is 0 Å². The van der Waals surface area contributed by atoms with E-state index >= 15 is 0 Å². The van der Waals surface area contributed by atoms with Crippen LogP contribution >= 0.6 is 23.1 Å². The van der Waals surface area contributed by atoms with E-state index in [-0.39, 0.29) is 22.7 Å². The predicted octanol–water partition coefficient (Wildman–Crippen LogP) is 5.61. The molecule has 204 valence electrons. The van der Waals surface area contributed by atoms with Crippen LogP contribution in [0.3, 0.4) is 0 Å². The third kappa shape index (κ3) is 6.66. The van der Waals surface area contributed by atoms with E-state index in [2.05, 4.69) is 15.2 Å². The van der Waals surface area contributed by atoms with Gasteiger partial charge in [-0.2, -0.15) is 13.2 Å². The second kappa shape index (κ2) is 12.6. The van der Waals surface area contributed by atoms with E-state index in [4.69, 9.17) is 14.6 Å². The number of alkyl halides is 3. The molecule has 2 aromatic carbocycles. The second-order valence-electron chi connectivity index (χ2n) is 8.65. The zero-order valence-electron chi connectivity index (χ0n) is 21.0. The first kappa shape index (κ1) is 29.5. The maximum Gasteiger partial charge on any atom is 0.416 e. The number of amides is 1. The minimum absolute atomic E-state index is 0.0995. The molecular formula is C26H28F3N3O4S2. The number of likely N-dealkylation sites (tertiary alicyclic amines) is 1. The maximum atomic E-state index is 13.7. The summed E-state index contributed by atoms with van der Waals surface area (Å²) in [4.78, 5) is 28.8. The molecule has 0 radical (unpaired) electrons. The molecule has 1 atom stereocenters. The van der Waals surface area contributed by atoms with Gasteiger partial charge in [0.05, 0.1) is 23.8 Å². The number of piperidine rings is 1. The molecule has 2 heterocycles. The predicted molar refractivity (Wildman–Crippen MR) is 142 cm³/mol. The fraction of sp³-hybridized carbons (Fsp3) is 0.346. The van der Waals surface area contributed by atoms with Crippen LogP contribution in [0.1, 0.15) is 34.3 Å². The summed E-state index contributed by atoms with van der Waals surface area (Å²) < 4.78 is 45.6. The Morgan fingerprint density at radius 2 is 2.05 bits per heavy atom. The van der Waals surface area contributed by atoms with Crippen LogP contribution in [-0.2, 0) is 16.5 Å². The lowest BCUT2D eigenvalue weighted by atomic mass is 9.81. The van der Waals surface area contributed by atoms with E-state index in [1.165, 1.54) is 18.4 Å². The molecule has 2 N–H and O–H groups in total. The Labute approximate surface area is 227 Å². The molecule has 1 aliphatic rings. The van der Waals surface area contributed by atoms with Gasteiger partial charge in [0.15, 0.2) is 0 Å². The molecule has 38 heavy (non-hydrogen) atoms. The Bertz CT molecular complexity index is 1230. The van der Waals surface area contributed by atoms with Gasteiger partial charge in [0.1, 0.15) is 10.8 Å². The molecule has 0 saturated carbocycles. The Morgan fingerprint density at radius 3 is 2.63 bits per heavy atom. The maximum absolute atomic E-state index is 13.7. The van der Waals surface area contributed by atoms with Gasteiger partial charge >= 0.3 is 6.18 Å². The lowest BCUT2D eigenvalue weighted by Crippen LogP contribution is -2.55. The van der Waals surface area contributed by atoms with Crippen molar-refractivity contribution in [1.82, 2.24) is 15.2 Å². The fourth-order valence-corrected chi connectivity index (χ4v) is 5.85. The Balaban J connectivity index is 0.00000127. The number of nitrogens with one attached hydrogen (secondary N) is 1. The summed E-state index contributed by atoms with van der Waals surface area (Å²) in [6.07, 6.45) is 0.406. The van der Waals surface area contributed by atoms with Crippen molar-refractivity contribution >= 4 is 35.5 Å². The van der Waals surface area contributed by atoms with Gasteiger partial charge in [-0.15, -0.1) is 23.1 Å². The van der Waals surface area contributed by atoms with Crippen LogP contribution in [-0.4, -0.2) is 60.9 Å². The number of hydrogen-bond donors (Lipinski definition) is 2. The van der Waals surface area contributed by atoms with Crippen molar-refractivity contribution in [3.8, 4) is 16.3 Å². The second-order valence-corrected chi connectivity index (χ2v) is 10.4. The zero-order valence-corrected chi connectivity index (χ0v) is 22.7. The topological polar surface area (TPSA) is 91.8 Å². The molecule has 4 rings (SSSR count). The molecule has 12 heteroatoms. The van der Waals surface area contributed by atoms with Gasteiger partial charge < -0.3 is 20.1 Å². The van der Waals surface area contributed by atoms with E-state index in [0.29, 0.717) is 13.0 Å². The standard InChI is InChI=1S/C25H26F3N3O2S2.CH2O2/c1-31-10-5-8-24(15-31,17-7-4-6-16(12-17)23-29-9-11-35-23)30-22(32)21-19(33-2)13-18(25(26,27)28)14-20(21)34-3;2-1-3/h4,6-7,9,11-14H,5,8,10,15H2,1-3H3,(H,30,32);1H,(H,2,3). The van der Waals surface area contributed by atoms with Gasteiger partial charge in [0, 0.05) is 28.6 Å². The molecule has 0 spiro atoms. The zero-order chi connectivity index (χ0) is 27.9. The van der Waals surface area contributed by atoms with E-state index in [1.54, 1.807) is 12.5 Å². The molecule has 1 amide bonds. The number of carbonyl (C=O) groups excluding carboxylic acids is 1. The van der Waals surface area contributed by atoms with Crippen LogP contribution in [0.5, 0.6) is 5.75 Å². The highest BCUT2D eigenvalue weighted by atomic mass is 32.2. The molecule has 0 aliphatic carbocycles. The number of thioether (sulfide) groups is 1. The third-order valence-electron chi connectivity index (χ3n) is 6.19. The van der Waals surface area contributed by atoms with Crippen LogP contribution in [0, 0.1) is 0 Å². The van der Waals surface area contributed by atoms with Gasteiger partial charge in [0.25, 0.3) is 12.4 Å². The SMILES string of the molecule is COc1cc(C(F)(F)F)cc(SC)c1C(=O)NC1(c2cccc(-c3nccs3)c2)CCCN(C)C1.O=CO. The van der Waals surface area contributed by atoms with Crippen molar-refractivity contribution in [2.75, 3.05) is 33.5 Å². The summed E-state index contributed by atoms with van der Waals surface area (Å²) in [6.45, 7) is 1.21. The minimum Gasteiger partial charge on any atom is -0.496 e. The number of methoxy groups -OCH3 is 1. The monoisotopic (exact) mass is 567 g/mol. The third-order valence-corrected chi connectivity index (χ3v) is 7.77. The highest BCUT2D eigenvalue weighted by Gasteiger charge is 2.40. The van der Waals surface area contributed by atoms with Gasteiger partial charge in [-0.1, -0.05) is 18.2 Å². The first-order valence-corrected chi connectivity index (χ1v) is 13.6. The average molecular weight is 568 g/mol. The largest absolute Gasteiger partial charge is 0.496 e. The number of ether oxygens (including phenoxy) is 1. The molecule has 1 aliphatic heterocycles. The Hall–Kier alpha value is -3.09. The normalized spacial score (nSPS) is 17.7. The lowest BCUT2D eigenvalue weighted by molar-refractivity contribution is -0.137. The lowest BCUT2D eigenvalue weighted by Gasteiger charge is -2.43. The highest BCUT2D eigenvalue weighted by molar-refractivity contribution is 7.98. The molecule has 1 unspecified atom stereocenters. The van der Waals surface area contributed by atoms with Crippen LogP contribution < -0.4 is 10.1 Å². The van der Waals surface area contributed by atoms with Crippen molar-refractivity contribution in [3.05, 3.63) is 64.7 Å². The van der Waals surface area contributed by atoms with Gasteiger partial charge in [0.2, 0.25) is 0 Å². The molecule has 7 nitrogen and oxygen atoms in total. The first-order valence-electron chi connectivity index (χ1n) is 11.5. The van der Waals surface area contributed by atoms with E-state index in [0.717, 1.165) is 53.0 Å². The van der Waals surface area contributed by atoms with Gasteiger partial charge in [-0.05, 0) is 56.5 Å². The quantitative estimate of drug-likeness (QED) is 0.296. The average Bonchev–Trinajstić information content (AvgIpc) is 3.43. The van der Waals surface area contributed by atoms with E-state index < -0.39 is 23.2 Å². The fourth-order valence-electron chi connectivity index (χ4n) is 4.57. The van der Waals surface area contributed by atoms with E-state index in [1.807, 2.05) is 36.7 Å². The molecule has 1 aromatic heterocycles. The Kier molecular flexibility index (Phi) is 9.80. The van der Waals surface area contributed by atoms with Gasteiger partial charge in [-0.25, -0.2) is 4.98 Å². The number of thiazole rings is 1. The van der Waals surface area contributed by atoms with Crippen molar-refractivity contribution < 1.29 is 32.6 Å². The molecule has 0 bridgehead atoms. The number of carboxylic acid groups (broad SMARTS) is 1. The molecule has 3 aromatic rings. The number of aromatic nitrogens is 1. The van der Waals surface area contributed by atoms with Gasteiger partial charge in [-0.3, -0.25) is 9.59 Å². The smallest absolute Gasteiger partial charge is 0.416 e. The number of hydrogen-bond acceptors (Lipinski definition) is 7. The molecule has 1 fully saturated rings. The minimum atomic E-state index is -4.55. The van der Waals surface area contributed by atoms with Crippen LogP contribution in [0.2, 0.25) is 0 Å². The van der Waals surface area contributed by atoms with Crippen molar-refractivity contribution in [3.63, 3.8) is 0 Å². The number of carbonyl (C=O) groups is 2. The number of nitrogens with zero attached hydrogens (tertiary/aromatic N) is 2. The first-order chi connectivity index (χ1) is 18.1. The van der Waals surface area contributed by atoms with Crippen LogP contribution in [0.15, 0.2) is 52.9 Å². The van der Waals surface area contributed by atoms with Crippen molar-refractivity contribution in [2.24, 2.45) is 0 Å². The summed E-state index contributed by atoms with van der Waals surface area (Å²) in [7, 11) is 3.27. The number of likely N-dealkylation sites (N-methyl/N-ethyl adjacent to an activating group) is 1. The number of benzene rings is 2. The van der Waals surface area contributed by atoms with E-state index in [9.17, 15) is 18.0 Å². The molecular weight excluding hydrogens is 539 g/mol. The highest BCUT2D eigenvalue weighted by Crippen LogP contribution is 2.40. The summed E-state index contributed by atoms with van der Waals surface area (Å²) >= 11 is 2.62. The summed E-state index contributed by atoms with van der Waals surface area (Å²) in [5.41, 5.74) is 0.425.